The number of fused-ring (bicyclic) bond motifs is 1. The molecular formula is C15H24N4. The summed E-state index contributed by atoms with van der Waals surface area (Å²) in [6.45, 7) is 0. The van der Waals surface area contributed by atoms with Gasteiger partial charge in [0.05, 0.1) is 0 Å². The first-order valence-corrected chi connectivity index (χ1v) is 7.75. The average Bonchev–Trinajstić information content (AvgIpc) is 2.85. The fourth-order valence-corrected chi connectivity index (χ4v) is 3.47. The van der Waals surface area contributed by atoms with Crippen LogP contribution in [0.5, 0.6) is 0 Å². The summed E-state index contributed by atoms with van der Waals surface area (Å²) in [4.78, 5) is 9.56. The zero-order valence-electron chi connectivity index (χ0n) is 11.6. The first-order valence-electron chi connectivity index (χ1n) is 7.75. The van der Waals surface area contributed by atoms with Gasteiger partial charge in [-0.3, -0.25) is 0 Å². The van der Waals surface area contributed by atoms with Crippen LogP contribution in [0.1, 0.15) is 74.4 Å². The van der Waals surface area contributed by atoms with E-state index in [0.717, 1.165) is 24.5 Å². The van der Waals surface area contributed by atoms with E-state index in [1.807, 2.05) is 0 Å². The number of aromatic nitrogens is 2. The lowest BCUT2D eigenvalue weighted by Crippen LogP contribution is -2.16. The van der Waals surface area contributed by atoms with Gasteiger partial charge in [0.15, 0.2) is 0 Å². The van der Waals surface area contributed by atoms with Crippen LogP contribution >= 0.6 is 0 Å². The van der Waals surface area contributed by atoms with Crippen LogP contribution in [0.3, 0.4) is 0 Å². The third-order valence-electron chi connectivity index (χ3n) is 4.56. The van der Waals surface area contributed by atoms with Crippen LogP contribution in [0, 0.1) is 0 Å². The molecular weight excluding hydrogens is 236 g/mol. The van der Waals surface area contributed by atoms with Crippen LogP contribution in [-0.4, -0.2) is 9.97 Å². The van der Waals surface area contributed by atoms with Crippen molar-refractivity contribution in [1.82, 2.24) is 9.97 Å². The molecule has 0 aromatic carbocycles. The summed E-state index contributed by atoms with van der Waals surface area (Å²) in [7, 11) is 0. The molecule has 0 spiro atoms. The third kappa shape index (κ3) is 2.73. The summed E-state index contributed by atoms with van der Waals surface area (Å²) in [5.41, 5.74) is 5.27. The van der Waals surface area contributed by atoms with E-state index < -0.39 is 0 Å². The van der Waals surface area contributed by atoms with Gasteiger partial charge in [-0.2, -0.15) is 0 Å². The predicted molar refractivity (Wildman–Crippen MR) is 76.9 cm³/mol. The number of anilines is 1. The Balaban J connectivity index is 1.86. The quantitative estimate of drug-likeness (QED) is 0.633. The van der Waals surface area contributed by atoms with Crippen LogP contribution in [-0.2, 0) is 12.8 Å². The second-order valence-corrected chi connectivity index (χ2v) is 5.90. The van der Waals surface area contributed by atoms with E-state index in [-0.39, 0.29) is 0 Å². The molecule has 1 aromatic heterocycles. The molecule has 0 saturated heterocycles. The smallest absolute Gasteiger partial charge is 0.147 e. The molecule has 3 rings (SSSR count). The SMILES string of the molecule is NNc1nc(C2CCCCCCC2)nc2c1CCC2. The van der Waals surface area contributed by atoms with Crippen LogP contribution in [0.25, 0.3) is 0 Å². The van der Waals surface area contributed by atoms with Crippen molar-refractivity contribution in [2.24, 2.45) is 5.84 Å². The Kier molecular flexibility index (Phi) is 3.97. The summed E-state index contributed by atoms with van der Waals surface area (Å²) in [6.07, 6.45) is 12.6. The summed E-state index contributed by atoms with van der Waals surface area (Å²) in [5, 5.41) is 0. The Morgan fingerprint density at radius 3 is 2.37 bits per heavy atom. The number of nitrogen functional groups attached to an aromatic ring is 1. The molecule has 0 atom stereocenters. The van der Waals surface area contributed by atoms with E-state index in [2.05, 4.69) is 5.43 Å². The third-order valence-corrected chi connectivity index (χ3v) is 4.56. The number of hydrogen-bond acceptors (Lipinski definition) is 4. The Hall–Kier alpha value is -1.16. The van der Waals surface area contributed by atoms with E-state index in [1.54, 1.807) is 0 Å². The van der Waals surface area contributed by atoms with Gasteiger partial charge in [0, 0.05) is 17.2 Å². The first kappa shape index (κ1) is 12.9. The van der Waals surface area contributed by atoms with Crippen molar-refractivity contribution < 1.29 is 0 Å². The van der Waals surface area contributed by atoms with E-state index in [4.69, 9.17) is 15.8 Å². The fraction of sp³-hybridized carbons (Fsp3) is 0.733. The van der Waals surface area contributed by atoms with Gasteiger partial charge in [-0.1, -0.05) is 32.1 Å². The highest BCUT2D eigenvalue weighted by Gasteiger charge is 2.23. The van der Waals surface area contributed by atoms with Gasteiger partial charge in [0.1, 0.15) is 11.6 Å². The molecule has 0 bridgehead atoms. The van der Waals surface area contributed by atoms with Crippen molar-refractivity contribution >= 4 is 5.82 Å². The van der Waals surface area contributed by atoms with Gasteiger partial charge in [-0.15, -0.1) is 0 Å². The van der Waals surface area contributed by atoms with Gasteiger partial charge in [0.2, 0.25) is 0 Å². The summed E-state index contributed by atoms with van der Waals surface area (Å²) >= 11 is 0. The Morgan fingerprint density at radius 2 is 1.63 bits per heavy atom. The Morgan fingerprint density at radius 1 is 0.895 bits per heavy atom. The average molecular weight is 260 g/mol. The molecule has 1 heterocycles. The molecule has 0 unspecified atom stereocenters. The highest BCUT2D eigenvalue weighted by atomic mass is 15.3. The first-order chi connectivity index (χ1) is 9.38. The van der Waals surface area contributed by atoms with Crippen molar-refractivity contribution in [3.63, 3.8) is 0 Å². The zero-order valence-corrected chi connectivity index (χ0v) is 11.6. The van der Waals surface area contributed by atoms with Gasteiger partial charge in [0.25, 0.3) is 0 Å². The number of nitrogens with zero attached hydrogens (tertiary/aromatic N) is 2. The van der Waals surface area contributed by atoms with Gasteiger partial charge in [-0.25, -0.2) is 15.8 Å². The highest BCUT2D eigenvalue weighted by molar-refractivity contribution is 5.48. The molecule has 4 nitrogen and oxygen atoms in total. The number of nitrogens with two attached hydrogens (primary N) is 1. The molecule has 104 valence electrons. The second-order valence-electron chi connectivity index (χ2n) is 5.90. The molecule has 0 aliphatic heterocycles. The summed E-state index contributed by atoms with van der Waals surface area (Å²) in [5.74, 6) is 8.09. The Bertz CT molecular complexity index is 436. The van der Waals surface area contributed by atoms with E-state index >= 15 is 0 Å². The summed E-state index contributed by atoms with van der Waals surface area (Å²) < 4.78 is 0. The molecule has 0 amide bonds. The predicted octanol–water partition coefficient (Wildman–Crippen LogP) is 3.08. The minimum atomic E-state index is 0.540. The minimum absolute atomic E-state index is 0.540. The van der Waals surface area contributed by atoms with Crippen LogP contribution in [0.2, 0.25) is 0 Å². The standard InChI is InChI=1S/C15H24N4/c16-19-15-12-9-6-10-13(12)17-14(18-15)11-7-4-2-1-3-5-8-11/h11H,1-10,16H2,(H,17,18,19). The lowest BCUT2D eigenvalue weighted by molar-refractivity contribution is 0.442. The zero-order chi connectivity index (χ0) is 13.1. The number of nitrogens with one attached hydrogen (secondary N) is 1. The number of aryl methyl sites for hydroxylation is 1. The Labute approximate surface area is 115 Å². The largest absolute Gasteiger partial charge is 0.308 e. The van der Waals surface area contributed by atoms with Crippen molar-refractivity contribution in [3.05, 3.63) is 17.1 Å². The summed E-state index contributed by atoms with van der Waals surface area (Å²) in [6, 6.07) is 0. The van der Waals surface area contributed by atoms with Crippen LogP contribution in [0.15, 0.2) is 0 Å². The fourth-order valence-electron chi connectivity index (χ4n) is 3.47. The van der Waals surface area contributed by atoms with Crippen molar-refractivity contribution in [2.75, 3.05) is 5.43 Å². The molecule has 0 radical (unpaired) electrons. The van der Waals surface area contributed by atoms with Gasteiger partial charge >= 0.3 is 0 Å². The molecule has 3 N–H and O–H groups in total. The molecule has 19 heavy (non-hydrogen) atoms. The van der Waals surface area contributed by atoms with Crippen molar-refractivity contribution in [3.8, 4) is 0 Å². The maximum Gasteiger partial charge on any atom is 0.147 e. The van der Waals surface area contributed by atoms with E-state index in [0.29, 0.717) is 5.92 Å². The molecule has 2 aliphatic carbocycles. The normalized spacial score (nSPS) is 20.7. The lowest BCUT2D eigenvalue weighted by atomic mass is 9.90. The van der Waals surface area contributed by atoms with Gasteiger partial charge < -0.3 is 5.43 Å². The second kappa shape index (κ2) is 5.87. The molecule has 1 fully saturated rings. The van der Waals surface area contributed by atoms with Crippen LogP contribution < -0.4 is 11.3 Å². The lowest BCUT2D eigenvalue weighted by Gasteiger charge is -2.20. The molecule has 1 aromatic rings. The number of hydrazine groups is 1. The number of hydrogen-bond donors (Lipinski definition) is 2. The monoisotopic (exact) mass is 260 g/mol. The highest BCUT2D eigenvalue weighted by Crippen LogP contribution is 2.32. The number of rotatable bonds is 2. The topological polar surface area (TPSA) is 63.8 Å². The van der Waals surface area contributed by atoms with Crippen molar-refractivity contribution in [2.45, 2.75) is 70.1 Å². The molecule has 2 aliphatic rings. The van der Waals surface area contributed by atoms with E-state index in [1.165, 1.54) is 62.6 Å². The van der Waals surface area contributed by atoms with E-state index in [9.17, 15) is 0 Å². The van der Waals surface area contributed by atoms with Gasteiger partial charge in [-0.05, 0) is 32.1 Å². The molecule has 1 saturated carbocycles. The minimum Gasteiger partial charge on any atom is -0.308 e. The van der Waals surface area contributed by atoms with Crippen molar-refractivity contribution in [1.29, 1.82) is 0 Å². The maximum atomic E-state index is 5.64. The maximum absolute atomic E-state index is 5.64. The molecule has 4 heteroatoms. The van der Waals surface area contributed by atoms with Crippen LogP contribution in [0.4, 0.5) is 5.82 Å².